The van der Waals surface area contributed by atoms with Gasteiger partial charge in [0, 0.05) is 12.1 Å². The third kappa shape index (κ3) is 2.00. The molecule has 0 heterocycles. The van der Waals surface area contributed by atoms with Gasteiger partial charge in [-0.1, -0.05) is 0 Å². The van der Waals surface area contributed by atoms with E-state index in [1.54, 1.807) is 0 Å². The van der Waals surface area contributed by atoms with Crippen LogP contribution in [0.15, 0.2) is 12.1 Å². The molecule has 0 unspecified atom stereocenters. The van der Waals surface area contributed by atoms with E-state index in [4.69, 9.17) is 4.74 Å². The molecule has 0 atom stereocenters. The van der Waals surface area contributed by atoms with Gasteiger partial charge in [0.25, 0.3) is 0 Å². The van der Waals surface area contributed by atoms with Gasteiger partial charge in [0.05, 0.1) is 6.61 Å². The molecule has 1 aliphatic carbocycles. The van der Waals surface area contributed by atoms with E-state index >= 15 is 0 Å². The number of halogens is 3. The van der Waals surface area contributed by atoms with Gasteiger partial charge in [-0.25, -0.2) is 13.2 Å². The predicted molar refractivity (Wildman–Crippen MR) is 44.5 cm³/mol. The average molecular weight is 202 g/mol. The molecule has 76 valence electrons. The Kier molecular flexibility index (Phi) is 2.35. The highest BCUT2D eigenvalue weighted by molar-refractivity contribution is 5.25. The number of rotatable bonds is 3. The molecular formula is C10H9F3O. The first-order chi connectivity index (χ1) is 6.66. The highest BCUT2D eigenvalue weighted by Gasteiger charge is 2.22. The maximum absolute atomic E-state index is 12.7. The van der Waals surface area contributed by atoms with Crippen molar-refractivity contribution in [3.05, 3.63) is 29.6 Å². The van der Waals surface area contributed by atoms with Crippen molar-refractivity contribution >= 4 is 0 Å². The second-order valence-corrected chi connectivity index (χ2v) is 3.46. The van der Waals surface area contributed by atoms with Crippen LogP contribution in [-0.2, 0) is 0 Å². The molecule has 1 nitrogen and oxygen atoms in total. The Labute approximate surface area is 79.5 Å². The first-order valence-corrected chi connectivity index (χ1v) is 4.44. The van der Waals surface area contributed by atoms with Gasteiger partial charge in [-0.05, 0) is 18.8 Å². The molecule has 0 N–H and O–H groups in total. The third-order valence-electron chi connectivity index (χ3n) is 2.14. The molecule has 4 heteroatoms. The second-order valence-electron chi connectivity index (χ2n) is 3.46. The van der Waals surface area contributed by atoms with E-state index in [-0.39, 0.29) is 5.75 Å². The highest BCUT2D eigenvalue weighted by Crippen LogP contribution is 2.30. The van der Waals surface area contributed by atoms with E-state index in [0.717, 1.165) is 25.0 Å². The predicted octanol–water partition coefficient (Wildman–Crippen LogP) is 2.89. The van der Waals surface area contributed by atoms with Gasteiger partial charge in [-0.3, -0.25) is 0 Å². The van der Waals surface area contributed by atoms with E-state index in [9.17, 15) is 13.2 Å². The maximum atomic E-state index is 12.7. The van der Waals surface area contributed by atoms with Gasteiger partial charge >= 0.3 is 0 Å². The summed E-state index contributed by atoms with van der Waals surface area (Å²) < 4.78 is 43.0. The summed E-state index contributed by atoms with van der Waals surface area (Å²) in [6, 6.07) is 1.72. The molecule has 0 radical (unpaired) electrons. The lowest BCUT2D eigenvalue weighted by Gasteiger charge is -2.05. The smallest absolute Gasteiger partial charge is 0.194 e. The van der Waals surface area contributed by atoms with Crippen LogP contribution < -0.4 is 4.74 Å². The average Bonchev–Trinajstić information content (AvgIpc) is 2.94. The van der Waals surface area contributed by atoms with Crippen molar-refractivity contribution in [3.8, 4) is 5.75 Å². The Morgan fingerprint density at radius 2 is 1.71 bits per heavy atom. The van der Waals surface area contributed by atoms with Crippen LogP contribution in [0, 0.1) is 23.4 Å². The van der Waals surface area contributed by atoms with Crippen molar-refractivity contribution in [2.45, 2.75) is 12.8 Å². The Balaban J connectivity index is 2.08. The highest BCUT2D eigenvalue weighted by atomic mass is 19.2. The fourth-order valence-corrected chi connectivity index (χ4v) is 1.11. The minimum Gasteiger partial charge on any atom is -0.493 e. The van der Waals surface area contributed by atoms with Crippen LogP contribution in [0.25, 0.3) is 0 Å². The Morgan fingerprint density at radius 3 is 2.21 bits per heavy atom. The molecule has 0 aromatic heterocycles. The zero-order valence-corrected chi connectivity index (χ0v) is 7.40. The minimum atomic E-state index is -1.45. The summed E-state index contributed by atoms with van der Waals surface area (Å²) in [5, 5.41) is 0. The summed E-state index contributed by atoms with van der Waals surface area (Å²) in [4.78, 5) is 0. The molecule has 1 saturated carbocycles. The Morgan fingerprint density at radius 1 is 1.14 bits per heavy atom. The standard InChI is InChI=1S/C10H9F3O/c11-8-3-7(4-9(12)10(8)13)14-5-6-1-2-6/h3-4,6H,1-2,5H2. The minimum absolute atomic E-state index is 0.0494. The van der Waals surface area contributed by atoms with Crippen LogP contribution in [0.1, 0.15) is 12.8 Å². The molecule has 0 bridgehead atoms. The quantitative estimate of drug-likeness (QED) is 0.685. The maximum Gasteiger partial charge on any atom is 0.194 e. The Hall–Kier alpha value is -1.19. The summed E-state index contributed by atoms with van der Waals surface area (Å²) >= 11 is 0. The van der Waals surface area contributed by atoms with Crippen molar-refractivity contribution < 1.29 is 17.9 Å². The molecule has 1 aromatic rings. The van der Waals surface area contributed by atoms with Gasteiger partial charge in [-0.2, -0.15) is 0 Å². The summed E-state index contributed by atoms with van der Waals surface area (Å²) in [5.74, 6) is -3.34. The lowest BCUT2D eigenvalue weighted by atomic mass is 10.3. The lowest BCUT2D eigenvalue weighted by Crippen LogP contribution is -2.01. The first kappa shape index (κ1) is 9.37. The topological polar surface area (TPSA) is 9.23 Å². The van der Waals surface area contributed by atoms with Crippen molar-refractivity contribution in [1.29, 1.82) is 0 Å². The SMILES string of the molecule is Fc1cc(OCC2CC2)cc(F)c1F. The third-order valence-corrected chi connectivity index (χ3v) is 2.14. The number of hydrogen-bond acceptors (Lipinski definition) is 1. The van der Waals surface area contributed by atoms with Gasteiger partial charge < -0.3 is 4.74 Å². The summed E-state index contributed by atoms with van der Waals surface area (Å²) in [6.07, 6.45) is 2.18. The molecule has 14 heavy (non-hydrogen) atoms. The molecule has 1 aromatic carbocycles. The van der Waals surface area contributed by atoms with E-state index in [2.05, 4.69) is 0 Å². The largest absolute Gasteiger partial charge is 0.493 e. The first-order valence-electron chi connectivity index (χ1n) is 4.44. The zero-order chi connectivity index (χ0) is 10.1. The van der Waals surface area contributed by atoms with Crippen LogP contribution >= 0.6 is 0 Å². The molecule has 1 fully saturated rings. The summed E-state index contributed by atoms with van der Waals surface area (Å²) in [7, 11) is 0. The van der Waals surface area contributed by atoms with Crippen LogP contribution in [0.3, 0.4) is 0 Å². The van der Waals surface area contributed by atoms with Crippen LogP contribution in [0.5, 0.6) is 5.75 Å². The normalized spacial score (nSPS) is 15.6. The van der Waals surface area contributed by atoms with Crippen molar-refractivity contribution in [2.24, 2.45) is 5.92 Å². The van der Waals surface area contributed by atoms with Gasteiger partial charge in [0.15, 0.2) is 17.5 Å². The van der Waals surface area contributed by atoms with Crippen molar-refractivity contribution in [2.75, 3.05) is 6.61 Å². The van der Waals surface area contributed by atoms with Crippen LogP contribution in [-0.4, -0.2) is 6.61 Å². The fraction of sp³-hybridized carbons (Fsp3) is 0.400. The monoisotopic (exact) mass is 202 g/mol. The van der Waals surface area contributed by atoms with Crippen LogP contribution in [0.4, 0.5) is 13.2 Å². The summed E-state index contributed by atoms with van der Waals surface area (Å²) in [5.41, 5.74) is 0. The number of ether oxygens (including phenoxy) is 1. The second kappa shape index (κ2) is 3.52. The van der Waals surface area contributed by atoms with Gasteiger partial charge in [0.1, 0.15) is 5.75 Å². The van der Waals surface area contributed by atoms with Gasteiger partial charge in [0.2, 0.25) is 0 Å². The van der Waals surface area contributed by atoms with Crippen molar-refractivity contribution in [3.63, 3.8) is 0 Å². The molecule has 1 aliphatic rings. The molecule has 2 rings (SSSR count). The molecular weight excluding hydrogens is 193 g/mol. The number of hydrogen-bond donors (Lipinski definition) is 0. The zero-order valence-electron chi connectivity index (χ0n) is 7.40. The summed E-state index contributed by atoms with van der Waals surface area (Å²) in [6.45, 7) is 0.449. The van der Waals surface area contributed by atoms with E-state index in [0.29, 0.717) is 12.5 Å². The van der Waals surface area contributed by atoms with Gasteiger partial charge in [-0.15, -0.1) is 0 Å². The van der Waals surface area contributed by atoms with Crippen molar-refractivity contribution in [1.82, 2.24) is 0 Å². The molecule has 0 spiro atoms. The molecule has 0 amide bonds. The van der Waals surface area contributed by atoms with E-state index in [1.807, 2.05) is 0 Å². The lowest BCUT2D eigenvalue weighted by molar-refractivity contribution is 0.294. The fourth-order valence-electron chi connectivity index (χ4n) is 1.11. The number of benzene rings is 1. The molecule has 0 aliphatic heterocycles. The molecule has 0 saturated heterocycles. The Bertz CT molecular complexity index is 324. The van der Waals surface area contributed by atoms with E-state index in [1.165, 1.54) is 0 Å². The van der Waals surface area contributed by atoms with Crippen LogP contribution in [0.2, 0.25) is 0 Å². The van der Waals surface area contributed by atoms with E-state index < -0.39 is 17.5 Å².